The number of hydrogen-bond acceptors (Lipinski definition) is 4. The highest BCUT2D eigenvalue weighted by atomic mass is 16.1. The maximum Gasteiger partial charge on any atom is 0.243 e. The Morgan fingerprint density at radius 2 is 1.96 bits per heavy atom. The summed E-state index contributed by atoms with van der Waals surface area (Å²) < 4.78 is 0. The number of carbonyl (C=O) groups excluding carboxylic acids is 1. The smallest absolute Gasteiger partial charge is 0.243 e. The van der Waals surface area contributed by atoms with Gasteiger partial charge in [0, 0.05) is 26.0 Å². The predicted octanol–water partition coefficient (Wildman–Crippen LogP) is 2.78. The van der Waals surface area contributed by atoms with E-state index < -0.39 is 5.92 Å². The molecule has 1 heterocycles. The average Bonchev–Trinajstić information content (AvgIpc) is 2.55. The lowest BCUT2D eigenvalue weighted by molar-refractivity contribution is -0.118. The summed E-state index contributed by atoms with van der Waals surface area (Å²) in [4.78, 5) is 18.4. The summed E-state index contributed by atoms with van der Waals surface area (Å²) in [6, 6.07) is 13.5. The minimum Gasteiger partial charge on any atom is -0.378 e. The molecule has 0 saturated heterocycles. The first-order chi connectivity index (χ1) is 11.0. The predicted molar refractivity (Wildman–Crippen MR) is 91.2 cm³/mol. The fourth-order valence-corrected chi connectivity index (χ4v) is 2.12. The number of aryl methyl sites for hydroxylation is 1. The van der Waals surface area contributed by atoms with Gasteiger partial charge in [-0.3, -0.25) is 4.79 Å². The largest absolute Gasteiger partial charge is 0.378 e. The van der Waals surface area contributed by atoms with Crippen molar-refractivity contribution in [2.24, 2.45) is 5.92 Å². The fraction of sp³-hybridized carbons (Fsp3) is 0.278. The van der Waals surface area contributed by atoms with Crippen LogP contribution in [0.4, 0.5) is 11.5 Å². The molecule has 5 heteroatoms. The van der Waals surface area contributed by atoms with Crippen molar-refractivity contribution in [2.45, 2.75) is 13.3 Å². The Morgan fingerprint density at radius 1 is 1.26 bits per heavy atom. The molecule has 2 aromatic rings. The van der Waals surface area contributed by atoms with Crippen molar-refractivity contribution >= 4 is 17.4 Å². The molecule has 1 aromatic heterocycles. The zero-order valence-corrected chi connectivity index (χ0v) is 13.6. The first kappa shape index (κ1) is 16.5. The number of amides is 1. The number of nitrogens with one attached hydrogen (secondary N) is 1. The second-order valence-electron chi connectivity index (χ2n) is 5.66. The van der Waals surface area contributed by atoms with Gasteiger partial charge in [-0.2, -0.15) is 5.26 Å². The topological polar surface area (TPSA) is 69.0 Å². The Bertz CT molecular complexity index is 699. The Labute approximate surface area is 136 Å². The standard InChI is InChI=1S/C18H20N4O/c1-13-4-9-17(20-12-13)21-18(23)15(11-19)10-14-5-7-16(8-6-14)22(2)3/h4-9,12,15H,10H2,1-3H3,(H,20,21,23). The zero-order chi connectivity index (χ0) is 16.8. The number of anilines is 2. The van der Waals surface area contributed by atoms with E-state index in [-0.39, 0.29) is 5.91 Å². The lowest BCUT2D eigenvalue weighted by Gasteiger charge is -2.14. The summed E-state index contributed by atoms with van der Waals surface area (Å²) in [5.74, 6) is -0.618. The molecule has 23 heavy (non-hydrogen) atoms. The molecular formula is C18H20N4O. The van der Waals surface area contributed by atoms with Crippen molar-refractivity contribution in [3.8, 4) is 6.07 Å². The third-order valence-electron chi connectivity index (χ3n) is 3.53. The van der Waals surface area contributed by atoms with E-state index >= 15 is 0 Å². The SMILES string of the molecule is Cc1ccc(NC(=O)C(C#N)Cc2ccc(N(C)C)cc2)nc1. The van der Waals surface area contributed by atoms with Crippen LogP contribution < -0.4 is 10.2 Å². The molecule has 0 radical (unpaired) electrons. The van der Waals surface area contributed by atoms with Crippen LogP contribution >= 0.6 is 0 Å². The number of pyridine rings is 1. The van der Waals surface area contributed by atoms with Crippen molar-refractivity contribution in [1.29, 1.82) is 5.26 Å². The zero-order valence-electron chi connectivity index (χ0n) is 13.6. The molecular weight excluding hydrogens is 288 g/mol. The van der Waals surface area contributed by atoms with Gasteiger partial charge in [-0.05, 0) is 42.7 Å². The van der Waals surface area contributed by atoms with Gasteiger partial charge in [-0.25, -0.2) is 4.98 Å². The number of nitrogens with zero attached hydrogens (tertiary/aromatic N) is 3. The van der Waals surface area contributed by atoms with Gasteiger partial charge in [0.2, 0.25) is 5.91 Å². The lowest BCUT2D eigenvalue weighted by Crippen LogP contribution is -2.24. The molecule has 0 fully saturated rings. The van der Waals surface area contributed by atoms with E-state index in [1.165, 1.54) is 0 Å². The summed E-state index contributed by atoms with van der Waals surface area (Å²) in [6.07, 6.45) is 2.05. The van der Waals surface area contributed by atoms with Gasteiger partial charge < -0.3 is 10.2 Å². The first-order valence-corrected chi connectivity index (χ1v) is 7.39. The van der Waals surface area contributed by atoms with Gasteiger partial charge in [-0.1, -0.05) is 18.2 Å². The average molecular weight is 308 g/mol. The van der Waals surface area contributed by atoms with Crippen molar-refractivity contribution in [2.75, 3.05) is 24.3 Å². The Morgan fingerprint density at radius 3 is 2.48 bits per heavy atom. The van der Waals surface area contributed by atoms with Crippen LogP contribution in [0.25, 0.3) is 0 Å². The quantitative estimate of drug-likeness (QED) is 0.922. The van der Waals surface area contributed by atoms with E-state index in [0.29, 0.717) is 12.2 Å². The number of benzene rings is 1. The van der Waals surface area contributed by atoms with E-state index in [1.807, 2.05) is 56.3 Å². The minimum absolute atomic E-state index is 0.333. The van der Waals surface area contributed by atoms with Crippen LogP contribution in [0, 0.1) is 24.2 Å². The van der Waals surface area contributed by atoms with Crippen LogP contribution in [0.15, 0.2) is 42.6 Å². The summed E-state index contributed by atoms with van der Waals surface area (Å²) in [7, 11) is 3.93. The Hall–Kier alpha value is -2.87. The van der Waals surface area contributed by atoms with Gasteiger partial charge >= 0.3 is 0 Å². The first-order valence-electron chi connectivity index (χ1n) is 7.39. The lowest BCUT2D eigenvalue weighted by atomic mass is 9.99. The normalized spacial score (nSPS) is 11.4. The second-order valence-corrected chi connectivity index (χ2v) is 5.66. The minimum atomic E-state index is -0.747. The number of nitriles is 1. The molecule has 1 atom stereocenters. The molecule has 0 aliphatic heterocycles. The third kappa shape index (κ3) is 4.55. The molecule has 0 bridgehead atoms. The monoisotopic (exact) mass is 308 g/mol. The molecule has 1 unspecified atom stereocenters. The summed E-state index contributed by atoms with van der Waals surface area (Å²) in [5.41, 5.74) is 3.05. The number of hydrogen-bond donors (Lipinski definition) is 1. The Balaban J connectivity index is 2.02. The highest BCUT2D eigenvalue weighted by Crippen LogP contribution is 2.16. The molecule has 0 aliphatic carbocycles. The fourth-order valence-electron chi connectivity index (χ4n) is 2.12. The molecule has 0 aliphatic rings. The van der Waals surface area contributed by atoms with Gasteiger partial charge in [-0.15, -0.1) is 0 Å². The van der Waals surface area contributed by atoms with Crippen LogP contribution in [0.2, 0.25) is 0 Å². The van der Waals surface area contributed by atoms with Crippen molar-refractivity contribution in [3.05, 3.63) is 53.7 Å². The molecule has 0 saturated carbocycles. The third-order valence-corrected chi connectivity index (χ3v) is 3.53. The number of carbonyl (C=O) groups is 1. The van der Waals surface area contributed by atoms with Crippen LogP contribution in [0.3, 0.4) is 0 Å². The summed E-state index contributed by atoms with van der Waals surface area (Å²) in [5, 5.41) is 12.0. The van der Waals surface area contributed by atoms with Crippen molar-refractivity contribution in [3.63, 3.8) is 0 Å². The van der Waals surface area contributed by atoms with Gasteiger partial charge in [0.15, 0.2) is 0 Å². The van der Waals surface area contributed by atoms with Crippen molar-refractivity contribution < 1.29 is 4.79 Å². The van der Waals surface area contributed by atoms with E-state index in [9.17, 15) is 10.1 Å². The van der Waals surface area contributed by atoms with E-state index in [0.717, 1.165) is 16.8 Å². The highest BCUT2D eigenvalue weighted by Gasteiger charge is 2.19. The molecule has 1 amide bonds. The van der Waals surface area contributed by atoms with Crippen LogP contribution in [0.1, 0.15) is 11.1 Å². The highest BCUT2D eigenvalue weighted by molar-refractivity contribution is 5.93. The maximum absolute atomic E-state index is 12.2. The van der Waals surface area contributed by atoms with Gasteiger partial charge in [0.25, 0.3) is 0 Å². The molecule has 0 spiro atoms. The van der Waals surface area contributed by atoms with E-state index in [2.05, 4.69) is 16.4 Å². The number of rotatable bonds is 5. The molecule has 2 rings (SSSR count). The summed E-state index contributed by atoms with van der Waals surface area (Å²) >= 11 is 0. The Kier molecular flexibility index (Phi) is 5.32. The van der Waals surface area contributed by atoms with E-state index in [1.54, 1.807) is 12.3 Å². The maximum atomic E-state index is 12.2. The van der Waals surface area contributed by atoms with Crippen LogP contribution in [-0.2, 0) is 11.2 Å². The van der Waals surface area contributed by atoms with Gasteiger partial charge in [0.1, 0.15) is 11.7 Å². The van der Waals surface area contributed by atoms with E-state index in [4.69, 9.17) is 0 Å². The van der Waals surface area contributed by atoms with Crippen LogP contribution in [-0.4, -0.2) is 25.0 Å². The molecule has 118 valence electrons. The molecule has 1 N–H and O–H groups in total. The molecule has 5 nitrogen and oxygen atoms in total. The number of aromatic nitrogens is 1. The van der Waals surface area contributed by atoms with Crippen LogP contribution in [0.5, 0.6) is 0 Å². The van der Waals surface area contributed by atoms with Gasteiger partial charge in [0.05, 0.1) is 6.07 Å². The van der Waals surface area contributed by atoms with Crippen molar-refractivity contribution in [1.82, 2.24) is 4.98 Å². The summed E-state index contributed by atoms with van der Waals surface area (Å²) in [6.45, 7) is 1.92. The second kappa shape index (κ2) is 7.41. The molecule has 1 aromatic carbocycles.